The Hall–Kier alpha value is -0.970. The van der Waals surface area contributed by atoms with Crippen molar-refractivity contribution in [2.75, 3.05) is 6.54 Å². The molecule has 0 aliphatic heterocycles. The van der Waals surface area contributed by atoms with Crippen molar-refractivity contribution in [2.24, 2.45) is 11.3 Å². The molecule has 1 N–H and O–H groups in total. The molecule has 72 valence electrons. The Morgan fingerprint density at radius 1 is 1.54 bits per heavy atom. The van der Waals surface area contributed by atoms with Gasteiger partial charge in [0.1, 0.15) is 0 Å². The predicted octanol–water partition coefficient (Wildman–Crippen LogP) is 1.56. The van der Waals surface area contributed by atoms with Gasteiger partial charge in [0.15, 0.2) is 0 Å². The van der Waals surface area contributed by atoms with Crippen LogP contribution in [0.15, 0.2) is 0 Å². The first-order valence-corrected chi connectivity index (χ1v) is 4.77. The highest BCUT2D eigenvalue weighted by molar-refractivity contribution is 5.82. The van der Waals surface area contributed by atoms with Crippen LogP contribution in [0.3, 0.4) is 0 Å². The summed E-state index contributed by atoms with van der Waals surface area (Å²) in [4.78, 5) is 11.6. The van der Waals surface area contributed by atoms with Crippen molar-refractivity contribution in [3.8, 4) is 11.8 Å². The van der Waals surface area contributed by atoms with Gasteiger partial charge in [-0.25, -0.2) is 0 Å². The Balaban J connectivity index is 2.39. The van der Waals surface area contributed by atoms with Crippen LogP contribution >= 0.6 is 0 Å². The van der Waals surface area contributed by atoms with Gasteiger partial charge in [0.05, 0.1) is 6.54 Å². The van der Waals surface area contributed by atoms with Gasteiger partial charge < -0.3 is 5.32 Å². The summed E-state index contributed by atoms with van der Waals surface area (Å²) in [7, 11) is 0. The summed E-state index contributed by atoms with van der Waals surface area (Å²) < 4.78 is 0. The monoisotopic (exact) mass is 179 g/mol. The van der Waals surface area contributed by atoms with E-state index >= 15 is 0 Å². The van der Waals surface area contributed by atoms with E-state index < -0.39 is 0 Å². The largest absolute Gasteiger partial charge is 0.345 e. The van der Waals surface area contributed by atoms with Crippen molar-refractivity contribution in [1.82, 2.24) is 5.32 Å². The lowest BCUT2D eigenvalue weighted by molar-refractivity contribution is -0.130. The molecule has 2 heteroatoms. The highest BCUT2D eigenvalue weighted by atomic mass is 16.2. The van der Waals surface area contributed by atoms with E-state index in [0.29, 0.717) is 12.5 Å². The van der Waals surface area contributed by atoms with Crippen LogP contribution in [0.5, 0.6) is 0 Å². The molecule has 0 aromatic carbocycles. The number of hydrogen-bond donors (Lipinski definition) is 1. The number of amides is 1. The number of carbonyl (C=O) groups is 1. The molecule has 1 rings (SSSR count). The standard InChI is InChI=1S/C11H17NO/c1-4-5-8-12-10(13)11(2,3)9-6-7-9/h9H,6-8H2,1-3H3,(H,12,13). The summed E-state index contributed by atoms with van der Waals surface area (Å²) in [6, 6.07) is 0. The summed E-state index contributed by atoms with van der Waals surface area (Å²) in [6.45, 7) is 6.28. The van der Waals surface area contributed by atoms with Gasteiger partial charge in [-0.15, -0.1) is 5.92 Å². The number of rotatable bonds is 3. The van der Waals surface area contributed by atoms with Crippen LogP contribution in [0.2, 0.25) is 0 Å². The second-order valence-corrected chi connectivity index (χ2v) is 4.11. The molecule has 1 aliphatic carbocycles. The lowest BCUT2D eigenvalue weighted by Gasteiger charge is -2.22. The molecule has 0 aromatic heterocycles. The van der Waals surface area contributed by atoms with Crippen LogP contribution in [0.25, 0.3) is 0 Å². The third-order valence-corrected chi connectivity index (χ3v) is 2.70. The molecule has 1 fully saturated rings. The molecule has 0 spiro atoms. The average molecular weight is 179 g/mol. The number of hydrogen-bond acceptors (Lipinski definition) is 1. The highest BCUT2D eigenvalue weighted by Crippen LogP contribution is 2.45. The Kier molecular flexibility index (Phi) is 2.98. The third-order valence-electron chi connectivity index (χ3n) is 2.70. The Labute approximate surface area is 80.1 Å². The van der Waals surface area contributed by atoms with E-state index in [9.17, 15) is 4.79 Å². The Morgan fingerprint density at radius 2 is 2.15 bits per heavy atom. The van der Waals surface area contributed by atoms with Crippen molar-refractivity contribution in [3.05, 3.63) is 0 Å². The van der Waals surface area contributed by atoms with Gasteiger partial charge >= 0.3 is 0 Å². The molecule has 1 aliphatic rings. The summed E-state index contributed by atoms with van der Waals surface area (Å²) in [6.07, 6.45) is 2.39. The van der Waals surface area contributed by atoms with Crippen LogP contribution in [0.4, 0.5) is 0 Å². The quantitative estimate of drug-likeness (QED) is 0.654. The second kappa shape index (κ2) is 3.83. The van der Waals surface area contributed by atoms with Crippen molar-refractivity contribution in [1.29, 1.82) is 0 Å². The maximum atomic E-state index is 11.6. The molecular weight excluding hydrogens is 162 g/mol. The lowest BCUT2D eigenvalue weighted by Crippen LogP contribution is -2.38. The molecule has 0 bridgehead atoms. The molecule has 0 atom stereocenters. The van der Waals surface area contributed by atoms with E-state index in [1.165, 1.54) is 12.8 Å². The topological polar surface area (TPSA) is 29.1 Å². The van der Waals surface area contributed by atoms with Crippen LogP contribution in [-0.4, -0.2) is 12.5 Å². The van der Waals surface area contributed by atoms with Crippen LogP contribution in [-0.2, 0) is 4.79 Å². The molecule has 0 heterocycles. The van der Waals surface area contributed by atoms with Gasteiger partial charge in [0, 0.05) is 5.41 Å². The fourth-order valence-corrected chi connectivity index (χ4v) is 1.43. The zero-order valence-electron chi connectivity index (χ0n) is 8.61. The predicted molar refractivity (Wildman–Crippen MR) is 53.0 cm³/mol. The summed E-state index contributed by atoms with van der Waals surface area (Å²) >= 11 is 0. The molecule has 13 heavy (non-hydrogen) atoms. The molecule has 0 radical (unpaired) electrons. The summed E-state index contributed by atoms with van der Waals surface area (Å²) in [5.41, 5.74) is -0.199. The molecule has 0 aromatic rings. The molecule has 1 amide bonds. The highest BCUT2D eigenvalue weighted by Gasteiger charge is 2.42. The van der Waals surface area contributed by atoms with E-state index in [-0.39, 0.29) is 11.3 Å². The zero-order valence-corrected chi connectivity index (χ0v) is 8.61. The van der Waals surface area contributed by atoms with Crippen molar-refractivity contribution in [2.45, 2.75) is 33.6 Å². The van der Waals surface area contributed by atoms with Crippen LogP contribution < -0.4 is 5.32 Å². The first-order valence-electron chi connectivity index (χ1n) is 4.77. The van der Waals surface area contributed by atoms with Crippen molar-refractivity contribution in [3.63, 3.8) is 0 Å². The molecule has 0 unspecified atom stereocenters. The second-order valence-electron chi connectivity index (χ2n) is 4.11. The van der Waals surface area contributed by atoms with Crippen LogP contribution in [0, 0.1) is 23.2 Å². The normalized spacial score (nSPS) is 15.9. The molecule has 0 saturated heterocycles. The smallest absolute Gasteiger partial charge is 0.226 e. The van der Waals surface area contributed by atoms with Gasteiger partial charge in [-0.3, -0.25) is 4.79 Å². The fraction of sp³-hybridized carbons (Fsp3) is 0.727. The maximum absolute atomic E-state index is 11.6. The van der Waals surface area contributed by atoms with E-state index in [2.05, 4.69) is 17.2 Å². The molecule has 2 nitrogen and oxygen atoms in total. The first-order chi connectivity index (χ1) is 6.09. The fourth-order valence-electron chi connectivity index (χ4n) is 1.43. The molecular formula is C11H17NO. The average Bonchev–Trinajstić information content (AvgIpc) is 2.86. The van der Waals surface area contributed by atoms with Gasteiger partial charge in [0.25, 0.3) is 0 Å². The van der Waals surface area contributed by atoms with Gasteiger partial charge in [-0.2, -0.15) is 0 Å². The maximum Gasteiger partial charge on any atom is 0.226 e. The number of nitrogens with one attached hydrogen (secondary N) is 1. The zero-order chi connectivity index (χ0) is 9.90. The minimum absolute atomic E-state index is 0.137. The minimum Gasteiger partial charge on any atom is -0.345 e. The Morgan fingerprint density at radius 3 is 2.62 bits per heavy atom. The third kappa shape index (κ3) is 2.48. The van der Waals surface area contributed by atoms with E-state index in [1.54, 1.807) is 6.92 Å². The van der Waals surface area contributed by atoms with Crippen molar-refractivity contribution < 1.29 is 4.79 Å². The SMILES string of the molecule is CC#CCNC(=O)C(C)(C)C1CC1. The van der Waals surface area contributed by atoms with Gasteiger partial charge in [-0.05, 0) is 25.7 Å². The van der Waals surface area contributed by atoms with Gasteiger partial charge in [0.2, 0.25) is 5.91 Å². The van der Waals surface area contributed by atoms with Crippen molar-refractivity contribution >= 4 is 5.91 Å². The minimum atomic E-state index is -0.199. The first kappa shape index (κ1) is 10.1. The van der Waals surface area contributed by atoms with E-state index in [1.807, 2.05) is 13.8 Å². The van der Waals surface area contributed by atoms with Gasteiger partial charge in [-0.1, -0.05) is 19.8 Å². The summed E-state index contributed by atoms with van der Waals surface area (Å²) in [5.74, 6) is 6.31. The van der Waals surface area contributed by atoms with E-state index in [4.69, 9.17) is 0 Å². The summed E-state index contributed by atoms with van der Waals surface area (Å²) in [5, 5.41) is 2.83. The number of carbonyl (C=O) groups excluding carboxylic acids is 1. The van der Waals surface area contributed by atoms with Crippen LogP contribution in [0.1, 0.15) is 33.6 Å². The molecule has 1 saturated carbocycles. The Bertz CT molecular complexity index is 253. The van der Waals surface area contributed by atoms with E-state index in [0.717, 1.165) is 0 Å². The lowest BCUT2D eigenvalue weighted by atomic mass is 9.86.